The van der Waals surface area contributed by atoms with E-state index in [0.29, 0.717) is 0 Å². The monoisotopic (exact) mass is 196 g/mol. The Morgan fingerprint density at radius 3 is 2.10 bits per heavy atom. The molecule has 1 aliphatic heterocycles. The van der Waals surface area contributed by atoms with Crippen LogP contribution in [0.4, 0.5) is 0 Å². The molecule has 10 heavy (non-hydrogen) atoms. The van der Waals surface area contributed by atoms with Crippen molar-refractivity contribution in [2.75, 3.05) is 0 Å². The molecule has 0 atom stereocenters. The Morgan fingerprint density at radius 1 is 1.20 bits per heavy atom. The fourth-order valence-electron chi connectivity index (χ4n) is 0.612. The second kappa shape index (κ2) is 3.22. The van der Waals surface area contributed by atoms with Crippen LogP contribution in [0, 0.1) is 22.7 Å². The zero-order valence-corrected chi connectivity index (χ0v) is 6.88. The van der Waals surface area contributed by atoms with Crippen molar-refractivity contribution >= 4 is 15.0 Å². The zero-order chi connectivity index (χ0) is 7.40. The first kappa shape index (κ1) is 7.09. The van der Waals surface area contributed by atoms with E-state index >= 15 is 0 Å². The summed E-state index contributed by atoms with van der Waals surface area (Å²) < 4.78 is 1.54. The third kappa shape index (κ3) is 1.48. The molecule has 0 amide bonds. The topological polar surface area (TPSA) is 47.6 Å². The molecule has 0 fully saturated rings. The van der Waals surface area contributed by atoms with Crippen molar-refractivity contribution in [3.05, 3.63) is 21.1 Å². The van der Waals surface area contributed by atoms with Crippen LogP contribution in [0.25, 0.3) is 0 Å². The van der Waals surface area contributed by atoms with Crippen molar-refractivity contribution in [2.24, 2.45) is 0 Å². The maximum absolute atomic E-state index is 8.47. The van der Waals surface area contributed by atoms with Gasteiger partial charge in [-0.1, -0.05) is 0 Å². The number of nitrogens with zero attached hydrogens (tertiary/aromatic N) is 2. The Labute approximate surface area is 65.6 Å². The van der Waals surface area contributed by atoms with E-state index in [1.165, 1.54) is 0 Å². The van der Waals surface area contributed by atoms with Crippen LogP contribution in [0.2, 0.25) is 0 Å². The minimum atomic E-state index is -0.0122. The summed E-state index contributed by atoms with van der Waals surface area (Å²) in [5.74, 6) is 0. The average molecular weight is 195 g/mol. The average Bonchev–Trinajstić information content (AvgIpc) is 2.05. The summed E-state index contributed by atoms with van der Waals surface area (Å²) in [4.78, 5) is 0. The molecule has 0 aliphatic carbocycles. The Balaban J connectivity index is 2.71. The van der Waals surface area contributed by atoms with Gasteiger partial charge in [-0.15, -0.1) is 0 Å². The third-order valence-corrected chi connectivity index (χ3v) is 3.05. The SMILES string of the molecule is N#CC1=CCC=C(C#N)[Se]1. The second-order valence-electron chi connectivity index (χ2n) is 1.70. The minimum absolute atomic E-state index is 0.0122. The van der Waals surface area contributed by atoms with Crippen molar-refractivity contribution in [2.45, 2.75) is 6.42 Å². The molecular weight excluding hydrogens is 191 g/mol. The van der Waals surface area contributed by atoms with Crippen LogP contribution in [0.3, 0.4) is 0 Å². The van der Waals surface area contributed by atoms with Crippen LogP contribution < -0.4 is 0 Å². The van der Waals surface area contributed by atoms with E-state index < -0.39 is 0 Å². The van der Waals surface area contributed by atoms with E-state index in [9.17, 15) is 0 Å². The molecule has 1 rings (SSSR count). The Hall–Kier alpha value is -1.02. The van der Waals surface area contributed by atoms with Gasteiger partial charge in [-0.25, -0.2) is 0 Å². The summed E-state index contributed by atoms with van der Waals surface area (Å²) in [6.07, 6.45) is 4.50. The van der Waals surface area contributed by atoms with Crippen molar-refractivity contribution in [3.63, 3.8) is 0 Å². The Bertz CT molecular complexity index is 247. The van der Waals surface area contributed by atoms with E-state index in [1.807, 2.05) is 12.2 Å². The normalized spacial score (nSPS) is 16.2. The number of hydrogen-bond donors (Lipinski definition) is 0. The molecule has 0 unspecified atom stereocenters. The van der Waals surface area contributed by atoms with Crippen LogP contribution >= 0.6 is 0 Å². The molecule has 2 nitrogen and oxygen atoms in total. The van der Waals surface area contributed by atoms with Gasteiger partial charge in [0.2, 0.25) is 0 Å². The van der Waals surface area contributed by atoms with Crippen LogP contribution in [0.1, 0.15) is 6.42 Å². The molecule has 1 heterocycles. The van der Waals surface area contributed by atoms with Gasteiger partial charge in [0.1, 0.15) is 0 Å². The van der Waals surface area contributed by atoms with Crippen molar-refractivity contribution in [3.8, 4) is 12.1 Å². The fourth-order valence-corrected chi connectivity index (χ4v) is 2.05. The van der Waals surface area contributed by atoms with Gasteiger partial charge in [-0.2, -0.15) is 0 Å². The van der Waals surface area contributed by atoms with Gasteiger partial charge in [0.25, 0.3) is 0 Å². The quantitative estimate of drug-likeness (QED) is 0.539. The van der Waals surface area contributed by atoms with Crippen LogP contribution in [-0.2, 0) is 0 Å². The first-order valence-corrected chi connectivity index (χ1v) is 4.46. The summed E-state index contributed by atoms with van der Waals surface area (Å²) >= 11 is -0.0122. The van der Waals surface area contributed by atoms with E-state index in [0.717, 1.165) is 15.4 Å². The summed E-state index contributed by atoms with van der Waals surface area (Å²) in [6, 6.07) is 4.13. The molecule has 48 valence electrons. The number of hydrogen-bond acceptors (Lipinski definition) is 2. The van der Waals surface area contributed by atoms with Gasteiger partial charge >= 0.3 is 65.1 Å². The molecular formula is C7H4N2Se. The molecule has 0 saturated carbocycles. The molecule has 0 aromatic carbocycles. The number of nitriles is 2. The van der Waals surface area contributed by atoms with Gasteiger partial charge in [-0.3, -0.25) is 0 Å². The Kier molecular flexibility index (Phi) is 2.29. The molecule has 0 aromatic heterocycles. The summed E-state index contributed by atoms with van der Waals surface area (Å²) in [5.41, 5.74) is 0. The molecule has 0 spiro atoms. The van der Waals surface area contributed by atoms with Gasteiger partial charge in [0, 0.05) is 0 Å². The maximum atomic E-state index is 8.47. The third-order valence-electron chi connectivity index (χ3n) is 1.05. The standard InChI is InChI=1S/C7H4N2Se/c8-4-6-2-1-3-7(5-9)10-6/h2-3H,1H2. The first-order valence-electron chi connectivity index (χ1n) is 2.75. The van der Waals surface area contributed by atoms with Crippen molar-refractivity contribution in [1.82, 2.24) is 0 Å². The van der Waals surface area contributed by atoms with Crippen LogP contribution in [-0.4, -0.2) is 15.0 Å². The van der Waals surface area contributed by atoms with E-state index in [-0.39, 0.29) is 15.0 Å². The molecule has 0 saturated heterocycles. The summed E-state index contributed by atoms with van der Waals surface area (Å²) in [6.45, 7) is 0. The molecule has 0 bridgehead atoms. The van der Waals surface area contributed by atoms with E-state index in [2.05, 4.69) is 12.1 Å². The molecule has 0 N–H and O–H groups in total. The second-order valence-corrected chi connectivity index (χ2v) is 3.97. The molecule has 0 aromatic rings. The number of rotatable bonds is 0. The first-order chi connectivity index (χ1) is 4.86. The van der Waals surface area contributed by atoms with E-state index in [1.54, 1.807) is 0 Å². The van der Waals surface area contributed by atoms with Crippen LogP contribution in [0.15, 0.2) is 21.1 Å². The van der Waals surface area contributed by atoms with Gasteiger partial charge in [0.15, 0.2) is 0 Å². The van der Waals surface area contributed by atoms with Gasteiger partial charge in [0.05, 0.1) is 0 Å². The van der Waals surface area contributed by atoms with Crippen LogP contribution in [0.5, 0.6) is 0 Å². The summed E-state index contributed by atoms with van der Waals surface area (Å²) in [5, 5.41) is 16.9. The predicted molar refractivity (Wildman–Crippen MR) is 37.8 cm³/mol. The Morgan fingerprint density at radius 2 is 1.70 bits per heavy atom. The van der Waals surface area contributed by atoms with E-state index in [4.69, 9.17) is 10.5 Å². The van der Waals surface area contributed by atoms with Crippen molar-refractivity contribution in [1.29, 1.82) is 10.5 Å². The number of allylic oxidation sites excluding steroid dienone is 4. The molecule has 1 aliphatic rings. The van der Waals surface area contributed by atoms with Gasteiger partial charge in [-0.05, 0) is 0 Å². The predicted octanol–water partition coefficient (Wildman–Crippen LogP) is 0.909. The van der Waals surface area contributed by atoms with Gasteiger partial charge < -0.3 is 0 Å². The molecule has 3 heteroatoms. The molecule has 0 radical (unpaired) electrons. The summed E-state index contributed by atoms with van der Waals surface area (Å²) in [7, 11) is 0. The van der Waals surface area contributed by atoms with Crippen molar-refractivity contribution < 1.29 is 0 Å². The zero-order valence-electron chi connectivity index (χ0n) is 5.16. The fraction of sp³-hybridized carbons (Fsp3) is 0.143.